The van der Waals surface area contributed by atoms with E-state index in [9.17, 15) is 4.79 Å². The third kappa shape index (κ3) is 4.07. The van der Waals surface area contributed by atoms with Crippen molar-refractivity contribution in [2.45, 2.75) is 6.92 Å². The van der Waals surface area contributed by atoms with Gasteiger partial charge in [-0.15, -0.1) is 0 Å². The SMILES string of the molecule is COc1ccc(Cl)cc1C(=O)N/N=C\c1ccc(C)cc1. The molecule has 0 saturated heterocycles. The van der Waals surface area contributed by atoms with Crippen molar-refractivity contribution in [3.05, 3.63) is 64.2 Å². The molecule has 0 saturated carbocycles. The highest BCUT2D eigenvalue weighted by atomic mass is 35.5. The zero-order valence-electron chi connectivity index (χ0n) is 11.8. The van der Waals surface area contributed by atoms with E-state index in [-0.39, 0.29) is 5.91 Å². The number of halogens is 1. The maximum Gasteiger partial charge on any atom is 0.275 e. The second-order valence-electron chi connectivity index (χ2n) is 4.45. The number of aryl methyl sites for hydroxylation is 1. The molecule has 4 nitrogen and oxygen atoms in total. The number of carbonyl (C=O) groups is 1. The predicted octanol–water partition coefficient (Wildman–Crippen LogP) is 3.42. The Balaban J connectivity index is 2.08. The Bertz CT molecular complexity index is 666. The maximum absolute atomic E-state index is 12.1. The van der Waals surface area contributed by atoms with Gasteiger partial charge < -0.3 is 4.74 Å². The molecular formula is C16H15ClN2O2. The molecule has 21 heavy (non-hydrogen) atoms. The zero-order valence-corrected chi connectivity index (χ0v) is 12.5. The van der Waals surface area contributed by atoms with E-state index in [0.29, 0.717) is 16.3 Å². The summed E-state index contributed by atoms with van der Waals surface area (Å²) in [6.07, 6.45) is 1.58. The molecule has 0 fully saturated rings. The van der Waals surface area contributed by atoms with Crippen molar-refractivity contribution in [3.63, 3.8) is 0 Å². The van der Waals surface area contributed by atoms with Gasteiger partial charge in [-0.2, -0.15) is 5.10 Å². The van der Waals surface area contributed by atoms with Gasteiger partial charge in [0.1, 0.15) is 5.75 Å². The number of benzene rings is 2. The molecule has 108 valence electrons. The quantitative estimate of drug-likeness (QED) is 0.695. The first-order chi connectivity index (χ1) is 10.1. The lowest BCUT2D eigenvalue weighted by molar-refractivity contribution is 0.0952. The molecular weight excluding hydrogens is 288 g/mol. The Labute approximate surface area is 128 Å². The lowest BCUT2D eigenvalue weighted by atomic mass is 10.2. The summed E-state index contributed by atoms with van der Waals surface area (Å²) in [6.45, 7) is 2.01. The number of carbonyl (C=O) groups excluding carboxylic acids is 1. The van der Waals surface area contributed by atoms with Crippen LogP contribution in [0.2, 0.25) is 5.02 Å². The van der Waals surface area contributed by atoms with Gasteiger partial charge in [0.05, 0.1) is 18.9 Å². The van der Waals surface area contributed by atoms with Crippen molar-refractivity contribution >= 4 is 23.7 Å². The van der Waals surface area contributed by atoms with Gasteiger partial charge in [0.2, 0.25) is 0 Å². The summed E-state index contributed by atoms with van der Waals surface area (Å²) in [5.41, 5.74) is 4.86. The number of nitrogens with zero attached hydrogens (tertiary/aromatic N) is 1. The van der Waals surface area contributed by atoms with Crippen LogP contribution in [0, 0.1) is 6.92 Å². The van der Waals surface area contributed by atoms with Crippen LogP contribution in [-0.2, 0) is 0 Å². The summed E-state index contributed by atoms with van der Waals surface area (Å²) in [4.78, 5) is 12.1. The summed E-state index contributed by atoms with van der Waals surface area (Å²) >= 11 is 5.89. The van der Waals surface area contributed by atoms with E-state index >= 15 is 0 Å². The summed E-state index contributed by atoms with van der Waals surface area (Å²) < 4.78 is 5.13. The van der Waals surface area contributed by atoms with Crippen molar-refractivity contribution < 1.29 is 9.53 Å². The average Bonchev–Trinajstić information content (AvgIpc) is 2.49. The fourth-order valence-corrected chi connectivity index (χ4v) is 1.91. The molecule has 2 rings (SSSR count). The van der Waals surface area contributed by atoms with E-state index in [1.54, 1.807) is 18.3 Å². The molecule has 2 aromatic rings. The molecule has 0 heterocycles. The number of nitrogens with one attached hydrogen (secondary N) is 1. The highest BCUT2D eigenvalue weighted by Gasteiger charge is 2.11. The minimum atomic E-state index is -0.377. The summed E-state index contributed by atoms with van der Waals surface area (Å²) in [6, 6.07) is 12.6. The molecule has 1 N–H and O–H groups in total. The third-order valence-corrected chi connectivity index (χ3v) is 3.10. The lowest BCUT2D eigenvalue weighted by Crippen LogP contribution is -2.18. The van der Waals surface area contributed by atoms with Crippen LogP contribution in [0.1, 0.15) is 21.5 Å². The molecule has 0 aromatic heterocycles. The smallest absolute Gasteiger partial charge is 0.275 e. The molecule has 0 unspecified atom stereocenters. The number of ether oxygens (including phenoxy) is 1. The van der Waals surface area contributed by atoms with E-state index in [1.165, 1.54) is 18.7 Å². The van der Waals surface area contributed by atoms with Crippen molar-refractivity contribution in [3.8, 4) is 5.75 Å². The number of hydrazone groups is 1. The van der Waals surface area contributed by atoms with Crippen LogP contribution >= 0.6 is 11.6 Å². The molecule has 0 bridgehead atoms. The van der Waals surface area contributed by atoms with Crippen LogP contribution in [0.3, 0.4) is 0 Å². The van der Waals surface area contributed by atoms with Crippen LogP contribution < -0.4 is 10.2 Å². The van der Waals surface area contributed by atoms with Gasteiger partial charge in [0.15, 0.2) is 0 Å². The Kier molecular flexibility index (Phi) is 4.95. The third-order valence-electron chi connectivity index (χ3n) is 2.86. The monoisotopic (exact) mass is 302 g/mol. The van der Waals surface area contributed by atoms with E-state index in [2.05, 4.69) is 10.5 Å². The van der Waals surface area contributed by atoms with Crippen LogP contribution in [0.4, 0.5) is 0 Å². The highest BCUT2D eigenvalue weighted by molar-refractivity contribution is 6.31. The Hall–Kier alpha value is -2.33. The molecule has 2 aromatic carbocycles. The second kappa shape index (κ2) is 6.90. The first-order valence-corrected chi connectivity index (χ1v) is 6.71. The summed E-state index contributed by atoms with van der Waals surface area (Å²) in [5.74, 6) is 0.0696. The topological polar surface area (TPSA) is 50.7 Å². The molecule has 0 atom stereocenters. The number of hydrogen-bond acceptors (Lipinski definition) is 3. The maximum atomic E-state index is 12.1. The van der Waals surface area contributed by atoms with Gasteiger partial charge in [-0.25, -0.2) is 5.43 Å². The first-order valence-electron chi connectivity index (χ1n) is 6.34. The Morgan fingerprint density at radius 2 is 1.95 bits per heavy atom. The van der Waals surface area contributed by atoms with Gasteiger partial charge in [-0.3, -0.25) is 4.79 Å². The van der Waals surface area contributed by atoms with E-state index in [4.69, 9.17) is 16.3 Å². The van der Waals surface area contributed by atoms with Gasteiger partial charge in [-0.1, -0.05) is 41.4 Å². The van der Waals surface area contributed by atoms with E-state index < -0.39 is 0 Å². The van der Waals surface area contributed by atoms with E-state index in [0.717, 1.165) is 5.56 Å². The van der Waals surface area contributed by atoms with Gasteiger partial charge in [0, 0.05) is 5.02 Å². The minimum absolute atomic E-state index is 0.339. The number of rotatable bonds is 4. The number of amides is 1. The molecule has 0 spiro atoms. The van der Waals surface area contributed by atoms with Crippen LogP contribution in [0.5, 0.6) is 5.75 Å². The molecule has 0 aliphatic rings. The molecule has 0 aliphatic heterocycles. The Morgan fingerprint density at radius 3 is 2.62 bits per heavy atom. The van der Waals surface area contributed by atoms with Gasteiger partial charge >= 0.3 is 0 Å². The lowest BCUT2D eigenvalue weighted by Gasteiger charge is -2.07. The molecule has 1 amide bonds. The van der Waals surface area contributed by atoms with Crippen molar-refractivity contribution in [2.75, 3.05) is 7.11 Å². The number of methoxy groups -OCH3 is 1. The Morgan fingerprint density at radius 1 is 1.24 bits per heavy atom. The van der Waals surface area contributed by atoms with Crippen molar-refractivity contribution in [2.24, 2.45) is 5.10 Å². The van der Waals surface area contributed by atoms with Crippen LogP contribution in [-0.4, -0.2) is 19.2 Å². The highest BCUT2D eigenvalue weighted by Crippen LogP contribution is 2.22. The standard InChI is InChI=1S/C16H15ClN2O2/c1-11-3-5-12(6-4-11)10-18-19-16(20)14-9-13(17)7-8-15(14)21-2/h3-10H,1-2H3,(H,19,20)/b18-10-. The van der Waals surface area contributed by atoms with Gasteiger partial charge in [0.25, 0.3) is 5.91 Å². The van der Waals surface area contributed by atoms with Crippen molar-refractivity contribution in [1.82, 2.24) is 5.43 Å². The fraction of sp³-hybridized carbons (Fsp3) is 0.125. The normalized spacial score (nSPS) is 10.6. The van der Waals surface area contributed by atoms with E-state index in [1.807, 2.05) is 31.2 Å². The zero-order chi connectivity index (χ0) is 15.2. The van der Waals surface area contributed by atoms with Crippen LogP contribution in [0.15, 0.2) is 47.6 Å². The first kappa shape index (κ1) is 15.1. The van der Waals surface area contributed by atoms with Crippen LogP contribution in [0.25, 0.3) is 0 Å². The number of hydrogen-bond donors (Lipinski definition) is 1. The minimum Gasteiger partial charge on any atom is -0.496 e. The fourth-order valence-electron chi connectivity index (χ4n) is 1.74. The largest absolute Gasteiger partial charge is 0.496 e. The molecule has 0 radical (unpaired) electrons. The van der Waals surface area contributed by atoms with Gasteiger partial charge in [-0.05, 0) is 30.7 Å². The molecule has 0 aliphatic carbocycles. The summed E-state index contributed by atoms with van der Waals surface area (Å²) in [5, 5.41) is 4.39. The summed E-state index contributed by atoms with van der Waals surface area (Å²) in [7, 11) is 1.50. The van der Waals surface area contributed by atoms with Crippen molar-refractivity contribution in [1.29, 1.82) is 0 Å². The predicted molar refractivity (Wildman–Crippen MR) is 84.2 cm³/mol. The average molecular weight is 303 g/mol. The second-order valence-corrected chi connectivity index (χ2v) is 4.89. The molecule has 5 heteroatoms.